The van der Waals surface area contributed by atoms with E-state index in [9.17, 15) is 5.11 Å². The predicted octanol–water partition coefficient (Wildman–Crippen LogP) is 6.63. The van der Waals surface area contributed by atoms with E-state index in [1.807, 2.05) is 0 Å². The number of ether oxygens (including phenoxy) is 1. The number of aliphatic hydroxyl groups is 1. The zero-order valence-electron chi connectivity index (χ0n) is 17.9. The van der Waals surface area contributed by atoms with E-state index in [2.05, 4.69) is 97.9 Å². The van der Waals surface area contributed by atoms with Gasteiger partial charge in [-0.05, 0) is 70.5 Å². The van der Waals surface area contributed by atoms with Gasteiger partial charge < -0.3 is 9.84 Å². The van der Waals surface area contributed by atoms with E-state index < -0.39 is 0 Å². The van der Waals surface area contributed by atoms with Crippen molar-refractivity contribution in [3.63, 3.8) is 0 Å². The van der Waals surface area contributed by atoms with Crippen LogP contribution >= 0.6 is 0 Å². The summed E-state index contributed by atoms with van der Waals surface area (Å²) in [6.07, 6.45) is 6.49. The Morgan fingerprint density at radius 2 is 1.58 bits per heavy atom. The predicted molar refractivity (Wildman–Crippen MR) is 130 cm³/mol. The minimum atomic E-state index is -0.277. The standard InChI is InChI=1S/C29H28O2/c1-20-16-26(30)18-27(31-20)19-29-24(15-14-23-7-4-5-9-28(23)29)13-11-21-10-12-22-6-2-3-8-25(22)17-21/h2-15,17,20,26-27,30H,16,18-19H2,1H3/b13-11+. The molecule has 0 radical (unpaired) electrons. The maximum atomic E-state index is 10.3. The van der Waals surface area contributed by atoms with E-state index in [1.54, 1.807) is 0 Å². The Bertz CT molecular complexity index is 1230. The molecule has 2 heteroatoms. The fourth-order valence-corrected chi connectivity index (χ4v) is 4.82. The van der Waals surface area contributed by atoms with Crippen LogP contribution in [0.5, 0.6) is 0 Å². The third-order valence-corrected chi connectivity index (χ3v) is 6.30. The Morgan fingerprint density at radius 1 is 0.839 bits per heavy atom. The van der Waals surface area contributed by atoms with Crippen LogP contribution in [0, 0.1) is 0 Å². The molecule has 1 aliphatic rings. The highest BCUT2D eigenvalue weighted by Crippen LogP contribution is 2.30. The zero-order chi connectivity index (χ0) is 21.2. The molecule has 1 heterocycles. The molecule has 0 saturated carbocycles. The molecule has 0 aromatic heterocycles. The summed E-state index contributed by atoms with van der Waals surface area (Å²) in [5.74, 6) is 0. The normalized spacial score (nSPS) is 21.8. The van der Waals surface area contributed by atoms with Crippen molar-refractivity contribution in [1.82, 2.24) is 0 Å². The van der Waals surface area contributed by atoms with Crippen LogP contribution in [-0.2, 0) is 11.2 Å². The van der Waals surface area contributed by atoms with Gasteiger partial charge in [0.2, 0.25) is 0 Å². The molecule has 2 nitrogen and oxygen atoms in total. The van der Waals surface area contributed by atoms with E-state index in [0.29, 0.717) is 6.42 Å². The highest BCUT2D eigenvalue weighted by Gasteiger charge is 2.26. The molecule has 4 aromatic rings. The van der Waals surface area contributed by atoms with Gasteiger partial charge in [0.05, 0.1) is 18.3 Å². The lowest BCUT2D eigenvalue weighted by Gasteiger charge is -2.32. The van der Waals surface area contributed by atoms with Crippen LogP contribution in [0.3, 0.4) is 0 Å². The van der Waals surface area contributed by atoms with Crippen molar-refractivity contribution >= 4 is 33.7 Å². The average Bonchev–Trinajstić information content (AvgIpc) is 2.78. The van der Waals surface area contributed by atoms with Crippen LogP contribution in [0.2, 0.25) is 0 Å². The molecule has 3 atom stereocenters. The van der Waals surface area contributed by atoms with Crippen molar-refractivity contribution in [1.29, 1.82) is 0 Å². The molecule has 1 fully saturated rings. The Labute approximate surface area is 183 Å². The number of rotatable bonds is 4. The maximum Gasteiger partial charge on any atom is 0.0644 e. The van der Waals surface area contributed by atoms with Crippen LogP contribution in [0.1, 0.15) is 36.5 Å². The van der Waals surface area contributed by atoms with Gasteiger partial charge in [-0.1, -0.05) is 84.9 Å². The first-order valence-electron chi connectivity index (χ1n) is 11.2. The molecule has 5 rings (SSSR count). The minimum Gasteiger partial charge on any atom is -0.393 e. The van der Waals surface area contributed by atoms with E-state index in [-0.39, 0.29) is 18.3 Å². The van der Waals surface area contributed by atoms with E-state index in [0.717, 1.165) is 12.8 Å². The van der Waals surface area contributed by atoms with Gasteiger partial charge >= 0.3 is 0 Å². The second kappa shape index (κ2) is 8.66. The third-order valence-electron chi connectivity index (χ3n) is 6.30. The second-order valence-electron chi connectivity index (χ2n) is 8.69. The summed E-state index contributed by atoms with van der Waals surface area (Å²) in [4.78, 5) is 0. The molecule has 1 aliphatic heterocycles. The van der Waals surface area contributed by atoms with Crippen molar-refractivity contribution < 1.29 is 9.84 Å². The number of hydrogen-bond acceptors (Lipinski definition) is 2. The number of aliphatic hydroxyl groups excluding tert-OH is 1. The van der Waals surface area contributed by atoms with E-state index in [1.165, 1.54) is 38.2 Å². The third kappa shape index (κ3) is 4.41. The number of benzene rings is 4. The van der Waals surface area contributed by atoms with Crippen LogP contribution in [0.25, 0.3) is 33.7 Å². The van der Waals surface area contributed by atoms with Gasteiger partial charge in [0, 0.05) is 0 Å². The summed E-state index contributed by atoms with van der Waals surface area (Å²) in [7, 11) is 0. The van der Waals surface area contributed by atoms with Gasteiger partial charge in [-0.25, -0.2) is 0 Å². The lowest BCUT2D eigenvalue weighted by molar-refractivity contribution is -0.0864. The summed E-state index contributed by atoms with van der Waals surface area (Å²) < 4.78 is 6.19. The summed E-state index contributed by atoms with van der Waals surface area (Å²) in [5.41, 5.74) is 3.69. The van der Waals surface area contributed by atoms with E-state index >= 15 is 0 Å². The molecular formula is C29H28O2. The summed E-state index contributed by atoms with van der Waals surface area (Å²) in [6.45, 7) is 2.05. The van der Waals surface area contributed by atoms with Gasteiger partial charge in [0.25, 0.3) is 0 Å². The molecule has 0 aliphatic carbocycles. The van der Waals surface area contributed by atoms with Crippen molar-refractivity contribution in [3.05, 3.63) is 95.6 Å². The van der Waals surface area contributed by atoms with Gasteiger partial charge in [-0.3, -0.25) is 0 Å². The lowest BCUT2D eigenvalue weighted by Crippen LogP contribution is -2.35. The molecule has 31 heavy (non-hydrogen) atoms. The molecule has 3 unspecified atom stereocenters. The molecule has 0 bridgehead atoms. The van der Waals surface area contributed by atoms with Crippen LogP contribution in [0.15, 0.2) is 78.9 Å². The Hall–Kier alpha value is -2.94. The topological polar surface area (TPSA) is 29.5 Å². The van der Waals surface area contributed by atoms with Crippen LogP contribution in [-0.4, -0.2) is 23.4 Å². The fourth-order valence-electron chi connectivity index (χ4n) is 4.82. The molecule has 4 aromatic carbocycles. The van der Waals surface area contributed by atoms with Gasteiger partial charge in [-0.2, -0.15) is 0 Å². The molecule has 0 spiro atoms. The molecule has 1 N–H and O–H groups in total. The second-order valence-corrected chi connectivity index (χ2v) is 8.69. The summed E-state index contributed by atoms with van der Waals surface area (Å²) >= 11 is 0. The number of fused-ring (bicyclic) bond motifs is 2. The van der Waals surface area contributed by atoms with Crippen LogP contribution in [0.4, 0.5) is 0 Å². The Balaban J connectivity index is 1.51. The van der Waals surface area contributed by atoms with Crippen molar-refractivity contribution in [3.8, 4) is 0 Å². The van der Waals surface area contributed by atoms with Gasteiger partial charge in [0.15, 0.2) is 0 Å². The largest absolute Gasteiger partial charge is 0.393 e. The zero-order valence-corrected chi connectivity index (χ0v) is 17.9. The smallest absolute Gasteiger partial charge is 0.0644 e. The lowest BCUT2D eigenvalue weighted by atomic mass is 9.90. The van der Waals surface area contributed by atoms with Gasteiger partial charge in [-0.15, -0.1) is 0 Å². The Morgan fingerprint density at radius 3 is 2.42 bits per heavy atom. The SMILES string of the molecule is CC1CC(O)CC(Cc2c(/C=C/c3ccc4ccccc4c3)ccc3ccccc23)O1. The van der Waals surface area contributed by atoms with Crippen LogP contribution < -0.4 is 0 Å². The fraction of sp³-hybridized carbons (Fsp3) is 0.241. The summed E-state index contributed by atoms with van der Waals surface area (Å²) in [5, 5.41) is 15.3. The first-order chi connectivity index (χ1) is 15.2. The maximum absolute atomic E-state index is 10.3. The monoisotopic (exact) mass is 408 g/mol. The minimum absolute atomic E-state index is 0.0392. The highest BCUT2D eigenvalue weighted by molar-refractivity contribution is 5.91. The molecule has 0 amide bonds. The quantitative estimate of drug-likeness (QED) is 0.384. The first-order valence-corrected chi connectivity index (χ1v) is 11.2. The van der Waals surface area contributed by atoms with Crippen molar-refractivity contribution in [2.45, 2.75) is 44.5 Å². The van der Waals surface area contributed by atoms with Gasteiger partial charge in [0.1, 0.15) is 0 Å². The summed E-state index contributed by atoms with van der Waals surface area (Å²) in [6, 6.07) is 28.0. The molecule has 156 valence electrons. The Kier molecular flexibility index (Phi) is 5.59. The number of hydrogen-bond donors (Lipinski definition) is 1. The highest BCUT2D eigenvalue weighted by atomic mass is 16.5. The van der Waals surface area contributed by atoms with Crippen molar-refractivity contribution in [2.75, 3.05) is 0 Å². The first kappa shape index (κ1) is 20.0. The average molecular weight is 409 g/mol. The molecular weight excluding hydrogens is 380 g/mol. The van der Waals surface area contributed by atoms with Crippen molar-refractivity contribution in [2.24, 2.45) is 0 Å². The molecule has 1 saturated heterocycles. The van der Waals surface area contributed by atoms with E-state index in [4.69, 9.17) is 4.74 Å².